The molecule has 0 radical (unpaired) electrons. The summed E-state index contributed by atoms with van der Waals surface area (Å²) in [5.74, 6) is 0.660. The summed E-state index contributed by atoms with van der Waals surface area (Å²) in [4.78, 5) is 26.2. The monoisotopic (exact) mass is 538 g/mol. The van der Waals surface area contributed by atoms with Crippen LogP contribution in [0.3, 0.4) is 0 Å². The van der Waals surface area contributed by atoms with E-state index < -0.39 is 6.04 Å². The minimum absolute atomic E-state index is 0.0240. The predicted octanol–water partition coefficient (Wildman–Crippen LogP) is 6.10. The van der Waals surface area contributed by atoms with Crippen molar-refractivity contribution in [2.24, 2.45) is 11.8 Å². The number of ether oxygens (including phenoxy) is 2. The maximum atomic E-state index is 13.5. The van der Waals surface area contributed by atoms with Gasteiger partial charge in [0.05, 0.1) is 31.5 Å². The van der Waals surface area contributed by atoms with Gasteiger partial charge in [0, 0.05) is 18.2 Å². The molecule has 9 heteroatoms. The Bertz CT molecular complexity index is 1250. The van der Waals surface area contributed by atoms with Crippen LogP contribution in [0.2, 0.25) is 0 Å². The van der Waals surface area contributed by atoms with Gasteiger partial charge >= 0.3 is 0 Å². The van der Waals surface area contributed by atoms with Gasteiger partial charge in [-0.05, 0) is 67.6 Å². The van der Waals surface area contributed by atoms with Crippen molar-refractivity contribution in [2.75, 3.05) is 19.5 Å². The third-order valence-electron chi connectivity index (χ3n) is 6.65. The fourth-order valence-corrected chi connectivity index (χ4v) is 4.38. The Morgan fingerprint density at radius 1 is 0.974 bits per heavy atom. The van der Waals surface area contributed by atoms with Crippen molar-refractivity contribution in [2.45, 2.75) is 59.5 Å². The van der Waals surface area contributed by atoms with Crippen molar-refractivity contribution in [3.63, 3.8) is 0 Å². The average molecular weight is 539 g/mol. The second-order valence-corrected chi connectivity index (χ2v) is 10.4. The molecular formula is C30H39FN4O4. The molecule has 39 heavy (non-hydrogen) atoms. The van der Waals surface area contributed by atoms with E-state index in [4.69, 9.17) is 14.6 Å². The average Bonchev–Trinajstić information content (AvgIpc) is 3.33. The number of methoxy groups -OCH3 is 2. The van der Waals surface area contributed by atoms with Crippen LogP contribution in [0.5, 0.6) is 11.5 Å². The lowest BCUT2D eigenvalue weighted by atomic mass is 10.0. The topological polar surface area (TPSA) is 94.5 Å². The standard InChI is InChI=1S/C30H39FN4O4/c1-18(2)15-23(16-28(36)32-22-13-11-21(31)12-14-22)33-30(37)24-17-25(35(34-24)20(5)19(3)4)29-26(38-6)9-8-10-27(29)39-7/h8-14,17-20,23H,15-16H2,1-7H3,(H,32,36)(H,33,37). The molecule has 210 valence electrons. The Morgan fingerprint density at radius 2 is 1.59 bits per heavy atom. The van der Waals surface area contributed by atoms with Gasteiger partial charge in [-0.25, -0.2) is 4.39 Å². The van der Waals surface area contributed by atoms with E-state index in [1.807, 2.05) is 43.7 Å². The lowest BCUT2D eigenvalue weighted by Crippen LogP contribution is -2.38. The van der Waals surface area contributed by atoms with Crippen LogP contribution in [-0.2, 0) is 4.79 Å². The van der Waals surface area contributed by atoms with E-state index in [0.717, 1.165) is 0 Å². The third kappa shape index (κ3) is 7.59. The second kappa shape index (κ2) is 13.3. The first-order valence-electron chi connectivity index (χ1n) is 13.2. The number of carbonyl (C=O) groups is 2. The number of anilines is 1. The number of rotatable bonds is 12. The molecule has 1 aromatic heterocycles. The number of nitrogens with zero attached hydrogens (tertiary/aromatic N) is 2. The van der Waals surface area contributed by atoms with Crippen molar-refractivity contribution in [3.8, 4) is 22.8 Å². The highest BCUT2D eigenvalue weighted by Gasteiger charge is 2.26. The molecule has 1 heterocycles. The molecule has 0 bridgehead atoms. The van der Waals surface area contributed by atoms with Crippen LogP contribution < -0.4 is 20.1 Å². The lowest BCUT2D eigenvalue weighted by Gasteiger charge is -2.21. The summed E-state index contributed by atoms with van der Waals surface area (Å²) in [5, 5.41) is 10.5. The minimum Gasteiger partial charge on any atom is -0.496 e. The molecule has 3 aromatic rings. The van der Waals surface area contributed by atoms with Crippen LogP contribution in [0.4, 0.5) is 10.1 Å². The van der Waals surface area contributed by atoms with Crippen LogP contribution in [0.15, 0.2) is 48.5 Å². The predicted molar refractivity (Wildman–Crippen MR) is 151 cm³/mol. The van der Waals surface area contributed by atoms with E-state index in [0.29, 0.717) is 34.9 Å². The largest absolute Gasteiger partial charge is 0.496 e. The maximum absolute atomic E-state index is 13.5. The summed E-state index contributed by atoms with van der Waals surface area (Å²) in [7, 11) is 3.18. The van der Waals surface area contributed by atoms with Gasteiger partial charge in [-0.3, -0.25) is 14.3 Å². The van der Waals surface area contributed by atoms with Gasteiger partial charge < -0.3 is 20.1 Å². The Balaban J connectivity index is 1.91. The van der Waals surface area contributed by atoms with E-state index in [-0.39, 0.29) is 47.6 Å². The molecule has 0 aliphatic carbocycles. The fourth-order valence-electron chi connectivity index (χ4n) is 4.38. The first-order valence-corrected chi connectivity index (χ1v) is 13.2. The number of halogens is 1. The van der Waals surface area contributed by atoms with Gasteiger partial charge in [0.25, 0.3) is 5.91 Å². The molecule has 2 N–H and O–H groups in total. The molecular weight excluding hydrogens is 499 g/mol. The summed E-state index contributed by atoms with van der Waals surface area (Å²) >= 11 is 0. The number of hydrogen-bond donors (Lipinski definition) is 2. The highest BCUT2D eigenvalue weighted by Crippen LogP contribution is 2.40. The molecule has 0 spiro atoms. The number of aromatic nitrogens is 2. The van der Waals surface area contributed by atoms with E-state index in [1.165, 1.54) is 24.3 Å². The van der Waals surface area contributed by atoms with Crippen molar-refractivity contribution in [1.82, 2.24) is 15.1 Å². The van der Waals surface area contributed by atoms with Gasteiger partial charge in [-0.1, -0.05) is 33.8 Å². The van der Waals surface area contributed by atoms with Gasteiger partial charge in [0.1, 0.15) is 17.3 Å². The Kier molecular flexibility index (Phi) is 10.1. The van der Waals surface area contributed by atoms with Gasteiger partial charge in [-0.2, -0.15) is 5.10 Å². The zero-order valence-corrected chi connectivity index (χ0v) is 23.7. The lowest BCUT2D eigenvalue weighted by molar-refractivity contribution is -0.116. The number of nitrogens with one attached hydrogen (secondary N) is 2. The van der Waals surface area contributed by atoms with E-state index in [2.05, 4.69) is 24.5 Å². The third-order valence-corrected chi connectivity index (χ3v) is 6.65. The van der Waals surface area contributed by atoms with Crippen molar-refractivity contribution < 1.29 is 23.5 Å². The first kappa shape index (κ1) is 29.7. The molecule has 2 aromatic carbocycles. The van der Waals surface area contributed by atoms with Crippen LogP contribution >= 0.6 is 0 Å². The summed E-state index contributed by atoms with van der Waals surface area (Å²) in [6, 6.07) is 12.4. The number of amides is 2. The normalized spacial score (nSPS) is 12.8. The summed E-state index contributed by atoms with van der Waals surface area (Å²) in [6.45, 7) is 10.3. The molecule has 3 rings (SSSR count). The summed E-state index contributed by atoms with van der Waals surface area (Å²) in [5.41, 5.74) is 2.13. The highest BCUT2D eigenvalue weighted by molar-refractivity contribution is 5.95. The van der Waals surface area contributed by atoms with E-state index >= 15 is 0 Å². The Labute approximate surface area is 229 Å². The Hall–Kier alpha value is -3.88. The van der Waals surface area contributed by atoms with Crippen molar-refractivity contribution in [1.29, 1.82) is 0 Å². The maximum Gasteiger partial charge on any atom is 0.272 e. The molecule has 2 amide bonds. The van der Waals surface area contributed by atoms with Gasteiger partial charge in [0.2, 0.25) is 5.91 Å². The van der Waals surface area contributed by atoms with Crippen LogP contribution in [0.25, 0.3) is 11.3 Å². The van der Waals surface area contributed by atoms with E-state index in [9.17, 15) is 14.0 Å². The molecule has 0 fully saturated rings. The number of carbonyl (C=O) groups excluding carboxylic acids is 2. The zero-order chi connectivity index (χ0) is 28.7. The van der Waals surface area contributed by atoms with E-state index in [1.54, 1.807) is 20.3 Å². The van der Waals surface area contributed by atoms with Crippen LogP contribution in [0.1, 0.15) is 64.0 Å². The molecule has 2 unspecified atom stereocenters. The van der Waals surface area contributed by atoms with Crippen molar-refractivity contribution in [3.05, 3.63) is 60.0 Å². The number of hydrogen-bond acceptors (Lipinski definition) is 5. The van der Waals surface area contributed by atoms with Gasteiger partial charge in [0.15, 0.2) is 5.69 Å². The summed E-state index contributed by atoms with van der Waals surface area (Å²) in [6.07, 6.45) is 0.663. The molecule has 0 saturated heterocycles. The molecule has 8 nitrogen and oxygen atoms in total. The van der Waals surface area contributed by atoms with Crippen LogP contribution in [0, 0.1) is 17.7 Å². The fraction of sp³-hybridized carbons (Fsp3) is 0.433. The highest BCUT2D eigenvalue weighted by atomic mass is 19.1. The first-order chi connectivity index (χ1) is 18.5. The molecule has 0 aliphatic heterocycles. The molecule has 0 saturated carbocycles. The zero-order valence-electron chi connectivity index (χ0n) is 23.7. The smallest absolute Gasteiger partial charge is 0.272 e. The van der Waals surface area contributed by atoms with Crippen molar-refractivity contribution >= 4 is 17.5 Å². The molecule has 0 aliphatic rings. The minimum atomic E-state index is -0.421. The molecule has 2 atom stereocenters. The summed E-state index contributed by atoms with van der Waals surface area (Å²) < 4.78 is 26.3. The van der Waals surface area contributed by atoms with Gasteiger partial charge in [-0.15, -0.1) is 0 Å². The second-order valence-electron chi connectivity index (χ2n) is 10.4. The number of benzene rings is 2. The Morgan fingerprint density at radius 3 is 2.13 bits per heavy atom. The van der Waals surface area contributed by atoms with Crippen LogP contribution in [-0.4, -0.2) is 41.9 Å². The SMILES string of the molecule is COc1cccc(OC)c1-c1cc(C(=O)NC(CC(=O)Nc2ccc(F)cc2)CC(C)C)nn1C(C)C(C)C. The quantitative estimate of drug-likeness (QED) is 0.291.